The van der Waals surface area contributed by atoms with Gasteiger partial charge in [-0.15, -0.1) is 0 Å². The molecular weight excluding hydrogens is 368 g/mol. The molecule has 0 aliphatic carbocycles. The third-order valence-electron chi connectivity index (χ3n) is 3.40. The minimum Gasteiger partial charge on any atom is -0.381 e. The quantitative estimate of drug-likeness (QED) is 0.443. The Morgan fingerprint density at radius 2 is 1.79 bits per heavy atom. The van der Waals surface area contributed by atoms with E-state index in [0.29, 0.717) is 5.92 Å². The van der Waals surface area contributed by atoms with Crippen molar-refractivity contribution in [3.05, 3.63) is 35.4 Å². The van der Waals surface area contributed by atoms with Gasteiger partial charge in [0.05, 0.1) is 0 Å². The molecule has 3 heteroatoms. The zero-order valence-corrected chi connectivity index (χ0v) is 15.3. The lowest BCUT2D eigenvalue weighted by Crippen LogP contribution is -2.33. The van der Waals surface area contributed by atoms with Gasteiger partial charge in [-0.2, -0.15) is 0 Å². The molecule has 1 rings (SSSR count). The smallest absolute Gasteiger partial charge is 0.0488 e. The summed E-state index contributed by atoms with van der Waals surface area (Å²) >= 11 is 7.40. The van der Waals surface area contributed by atoms with Crippen LogP contribution in [-0.2, 0) is 10.2 Å². The van der Waals surface area contributed by atoms with Crippen LogP contribution in [0.4, 0.5) is 0 Å². The first-order chi connectivity index (χ1) is 9.05. The molecule has 0 amide bonds. The molecule has 0 aliphatic rings. The Morgan fingerprint density at radius 1 is 1.16 bits per heavy atom. The van der Waals surface area contributed by atoms with Gasteiger partial charge in [-0.05, 0) is 30.4 Å². The lowest BCUT2D eigenvalue weighted by molar-refractivity contribution is 0.0975. The molecule has 1 nitrogen and oxygen atoms in total. The largest absolute Gasteiger partial charge is 0.381 e. The average molecular weight is 392 g/mol. The van der Waals surface area contributed by atoms with Crippen molar-refractivity contribution in [3.8, 4) is 0 Å². The van der Waals surface area contributed by atoms with Gasteiger partial charge in [-0.3, -0.25) is 0 Å². The first kappa shape index (κ1) is 17.2. The second-order valence-corrected chi connectivity index (χ2v) is 6.70. The number of hydrogen-bond donors (Lipinski definition) is 0. The second-order valence-electron chi connectivity index (χ2n) is 5.58. The van der Waals surface area contributed by atoms with Crippen molar-refractivity contribution in [2.75, 3.05) is 23.9 Å². The summed E-state index contributed by atoms with van der Waals surface area (Å²) in [6.07, 6.45) is 1.03. The molecule has 1 aromatic rings. The van der Waals surface area contributed by atoms with Gasteiger partial charge >= 0.3 is 0 Å². The van der Waals surface area contributed by atoms with Crippen molar-refractivity contribution in [1.82, 2.24) is 0 Å². The Hall–Kier alpha value is 0.140. The number of alkyl halides is 2. The fourth-order valence-corrected chi connectivity index (χ4v) is 4.30. The van der Waals surface area contributed by atoms with Gasteiger partial charge in [0.25, 0.3) is 0 Å². The van der Waals surface area contributed by atoms with E-state index in [4.69, 9.17) is 4.74 Å². The molecule has 0 unspecified atom stereocenters. The van der Waals surface area contributed by atoms with E-state index < -0.39 is 0 Å². The van der Waals surface area contributed by atoms with E-state index in [9.17, 15) is 0 Å². The summed E-state index contributed by atoms with van der Waals surface area (Å²) in [5.41, 5.74) is 2.88. The Bertz CT molecular complexity index is 373. The molecule has 0 aromatic heterocycles. The first-order valence-electron chi connectivity index (χ1n) is 6.81. The first-order valence-corrected chi connectivity index (χ1v) is 9.06. The van der Waals surface area contributed by atoms with E-state index >= 15 is 0 Å². The van der Waals surface area contributed by atoms with Crippen LogP contribution >= 0.6 is 31.9 Å². The van der Waals surface area contributed by atoms with Crippen LogP contribution in [0.25, 0.3) is 0 Å². The lowest BCUT2D eigenvalue weighted by atomic mass is 9.79. The van der Waals surface area contributed by atoms with Gasteiger partial charge in [0.1, 0.15) is 0 Å². The lowest BCUT2D eigenvalue weighted by Gasteiger charge is -2.32. The molecular formula is C16H24Br2O. The summed E-state index contributed by atoms with van der Waals surface area (Å²) < 4.78 is 5.77. The average Bonchev–Trinajstić information content (AvgIpc) is 2.40. The molecule has 0 saturated heterocycles. The molecule has 0 heterocycles. The van der Waals surface area contributed by atoms with E-state index in [1.165, 1.54) is 11.1 Å². The standard InChI is InChI=1S/C16H24Br2O/c1-13(2)10-19-9-8-16(11-17,12-18)15-7-5-4-6-14(15)3/h4-7,13H,8-12H2,1-3H3. The van der Waals surface area contributed by atoms with Crippen LogP contribution in [0.2, 0.25) is 0 Å². The minimum atomic E-state index is 0.113. The van der Waals surface area contributed by atoms with Gasteiger partial charge in [-0.25, -0.2) is 0 Å². The summed E-state index contributed by atoms with van der Waals surface area (Å²) in [7, 11) is 0. The zero-order chi connectivity index (χ0) is 14.3. The monoisotopic (exact) mass is 390 g/mol. The van der Waals surface area contributed by atoms with Crippen molar-refractivity contribution in [1.29, 1.82) is 0 Å². The summed E-state index contributed by atoms with van der Waals surface area (Å²) in [5.74, 6) is 0.598. The van der Waals surface area contributed by atoms with Crippen LogP contribution in [-0.4, -0.2) is 23.9 Å². The maximum Gasteiger partial charge on any atom is 0.0488 e. The molecule has 0 radical (unpaired) electrons. The van der Waals surface area contributed by atoms with Crippen LogP contribution in [0.3, 0.4) is 0 Å². The summed E-state index contributed by atoms with van der Waals surface area (Å²) in [6, 6.07) is 8.64. The van der Waals surface area contributed by atoms with Gasteiger partial charge in [0, 0.05) is 29.3 Å². The molecule has 1 aromatic carbocycles. The van der Waals surface area contributed by atoms with Crippen molar-refractivity contribution >= 4 is 31.9 Å². The number of rotatable bonds is 8. The number of benzene rings is 1. The van der Waals surface area contributed by atoms with Crippen LogP contribution in [0.5, 0.6) is 0 Å². The number of aryl methyl sites for hydroxylation is 1. The van der Waals surface area contributed by atoms with Gasteiger partial charge in [0.2, 0.25) is 0 Å². The highest BCUT2D eigenvalue weighted by Gasteiger charge is 2.31. The molecule has 0 spiro atoms. The third kappa shape index (κ3) is 4.87. The van der Waals surface area contributed by atoms with E-state index in [-0.39, 0.29) is 5.41 Å². The van der Waals surface area contributed by atoms with Gasteiger partial charge in [0.15, 0.2) is 0 Å². The molecule has 19 heavy (non-hydrogen) atoms. The van der Waals surface area contributed by atoms with E-state index in [0.717, 1.165) is 30.3 Å². The maximum atomic E-state index is 5.77. The van der Waals surface area contributed by atoms with Gasteiger partial charge < -0.3 is 4.74 Å². The molecule has 0 bridgehead atoms. The zero-order valence-electron chi connectivity index (χ0n) is 12.1. The molecule has 108 valence electrons. The topological polar surface area (TPSA) is 9.23 Å². The van der Waals surface area contributed by atoms with Crippen LogP contribution < -0.4 is 0 Å². The summed E-state index contributed by atoms with van der Waals surface area (Å²) in [4.78, 5) is 0. The number of hydrogen-bond acceptors (Lipinski definition) is 1. The van der Waals surface area contributed by atoms with Crippen molar-refractivity contribution in [2.45, 2.75) is 32.6 Å². The van der Waals surface area contributed by atoms with E-state index in [1.807, 2.05) is 0 Å². The second kappa shape index (κ2) is 8.43. The molecule has 0 saturated carbocycles. The van der Waals surface area contributed by atoms with E-state index in [2.05, 4.69) is 76.9 Å². The number of ether oxygens (including phenoxy) is 1. The molecule has 0 N–H and O–H groups in total. The van der Waals surface area contributed by atoms with Crippen molar-refractivity contribution in [2.24, 2.45) is 5.92 Å². The minimum absolute atomic E-state index is 0.113. The fourth-order valence-electron chi connectivity index (χ4n) is 2.20. The van der Waals surface area contributed by atoms with Crippen LogP contribution in [0.1, 0.15) is 31.4 Å². The van der Waals surface area contributed by atoms with Crippen LogP contribution in [0.15, 0.2) is 24.3 Å². The normalized spacial score (nSPS) is 12.1. The van der Waals surface area contributed by atoms with Crippen molar-refractivity contribution in [3.63, 3.8) is 0 Å². The van der Waals surface area contributed by atoms with Gasteiger partial charge in [-0.1, -0.05) is 70.0 Å². The predicted octanol–water partition coefficient (Wildman–Crippen LogP) is 5.09. The molecule has 0 atom stereocenters. The molecule has 0 aliphatic heterocycles. The Kier molecular flexibility index (Phi) is 7.63. The Balaban J connectivity index is 2.77. The van der Waals surface area contributed by atoms with Crippen LogP contribution in [0, 0.1) is 12.8 Å². The molecule has 0 fully saturated rings. The van der Waals surface area contributed by atoms with E-state index in [1.54, 1.807) is 0 Å². The fraction of sp³-hybridized carbons (Fsp3) is 0.625. The summed E-state index contributed by atoms with van der Waals surface area (Å²) in [5, 5.41) is 1.89. The highest BCUT2D eigenvalue weighted by molar-refractivity contribution is 9.09. The Labute approximate surface area is 134 Å². The highest BCUT2D eigenvalue weighted by Crippen LogP contribution is 2.34. The summed E-state index contributed by atoms with van der Waals surface area (Å²) in [6.45, 7) is 8.20. The predicted molar refractivity (Wildman–Crippen MR) is 90.7 cm³/mol. The Morgan fingerprint density at radius 3 is 2.32 bits per heavy atom. The maximum absolute atomic E-state index is 5.77. The highest BCUT2D eigenvalue weighted by atomic mass is 79.9. The third-order valence-corrected chi connectivity index (χ3v) is 5.55. The van der Waals surface area contributed by atoms with Crippen molar-refractivity contribution < 1.29 is 4.74 Å². The number of halogens is 2. The SMILES string of the molecule is Cc1ccccc1C(CBr)(CBr)CCOCC(C)C.